The predicted octanol–water partition coefficient (Wildman–Crippen LogP) is 1.37. The lowest BCUT2D eigenvalue weighted by molar-refractivity contribution is 0.208. The van der Waals surface area contributed by atoms with Crippen molar-refractivity contribution in [3.8, 4) is 0 Å². The molecule has 2 heterocycles. The molecule has 0 radical (unpaired) electrons. The molecule has 2 N–H and O–H groups in total. The Kier molecular flexibility index (Phi) is 4.36. The Morgan fingerprint density at radius 1 is 1.44 bits per heavy atom. The lowest BCUT2D eigenvalue weighted by Gasteiger charge is -2.29. The molecule has 1 aliphatic rings. The Morgan fingerprint density at radius 3 is 2.94 bits per heavy atom. The van der Waals surface area contributed by atoms with Crippen LogP contribution >= 0.6 is 0 Å². The summed E-state index contributed by atoms with van der Waals surface area (Å²) >= 11 is 0. The second kappa shape index (κ2) is 6.01. The van der Waals surface area contributed by atoms with E-state index in [1.807, 2.05) is 6.07 Å². The zero-order valence-electron chi connectivity index (χ0n) is 10.1. The quantitative estimate of drug-likeness (QED) is 0.791. The molecule has 1 unspecified atom stereocenters. The van der Waals surface area contributed by atoms with E-state index in [0.717, 1.165) is 18.8 Å². The minimum atomic E-state index is 0.543. The molecule has 1 aromatic heterocycles. The van der Waals surface area contributed by atoms with E-state index in [1.54, 1.807) is 6.20 Å². The minimum Gasteiger partial charge on any atom is -0.307 e. The van der Waals surface area contributed by atoms with Crippen LogP contribution in [0.1, 0.15) is 31.9 Å². The maximum absolute atomic E-state index is 3.94. The second-order valence-electron chi connectivity index (χ2n) is 4.73. The fraction of sp³-hybridized carbons (Fsp3) is 0.750. The standard InChI is InChI=1S/C12H22N4/c1-11(10-16-7-3-2-4-8-16)13-9-12-5-6-14-15-12/h5-6,11,13H,2-4,7-10H2,1H3,(H,14,15). The summed E-state index contributed by atoms with van der Waals surface area (Å²) in [6.07, 6.45) is 5.94. The Labute approximate surface area is 97.4 Å². The Balaban J connectivity index is 1.65. The summed E-state index contributed by atoms with van der Waals surface area (Å²) in [6.45, 7) is 6.85. The highest BCUT2D eigenvalue weighted by atomic mass is 15.2. The van der Waals surface area contributed by atoms with Crippen molar-refractivity contribution in [3.05, 3.63) is 18.0 Å². The third-order valence-corrected chi connectivity index (χ3v) is 3.18. The van der Waals surface area contributed by atoms with E-state index >= 15 is 0 Å². The fourth-order valence-corrected chi connectivity index (χ4v) is 2.26. The van der Waals surface area contributed by atoms with Gasteiger partial charge >= 0.3 is 0 Å². The van der Waals surface area contributed by atoms with Crippen molar-refractivity contribution in [2.45, 2.75) is 38.8 Å². The van der Waals surface area contributed by atoms with Crippen molar-refractivity contribution in [1.29, 1.82) is 0 Å². The van der Waals surface area contributed by atoms with E-state index in [4.69, 9.17) is 0 Å². The van der Waals surface area contributed by atoms with Crippen LogP contribution in [0.5, 0.6) is 0 Å². The summed E-state index contributed by atoms with van der Waals surface area (Å²) in [5, 5.41) is 10.4. The van der Waals surface area contributed by atoms with E-state index < -0.39 is 0 Å². The van der Waals surface area contributed by atoms with Gasteiger partial charge in [-0.15, -0.1) is 0 Å². The van der Waals surface area contributed by atoms with Gasteiger partial charge in [-0.05, 0) is 38.9 Å². The topological polar surface area (TPSA) is 44.0 Å². The zero-order valence-corrected chi connectivity index (χ0v) is 10.1. The van der Waals surface area contributed by atoms with Crippen LogP contribution in [0.2, 0.25) is 0 Å². The average Bonchev–Trinajstić information content (AvgIpc) is 2.81. The highest BCUT2D eigenvalue weighted by Gasteiger charge is 2.12. The molecule has 1 fully saturated rings. The summed E-state index contributed by atoms with van der Waals surface area (Å²) in [6, 6.07) is 2.56. The number of nitrogens with one attached hydrogen (secondary N) is 2. The van der Waals surface area contributed by atoms with Crippen molar-refractivity contribution in [3.63, 3.8) is 0 Å². The van der Waals surface area contributed by atoms with Crippen LogP contribution in [0.15, 0.2) is 12.3 Å². The van der Waals surface area contributed by atoms with Crippen LogP contribution in [0.25, 0.3) is 0 Å². The van der Waals surface area contributed by atoms with Gasteiger partial charge in [0, 0.05) is 31.0 Å². The van der Waals surface area contributed by atoms with Crippen molar-refractivity contribution in [2.75, 3.05) is 19.6 Å². The highest BCUT2D eigenvalue weighted by molar-refractivity contribution is 4.96. The first-order chi connectivity index (χ1) is 7.84. The van der Waals surface area contributed by atoms with Crippen LogP contribution in [0.4, 0.5) is 0 Å². The normalized spacial score (nSPS) is 19.8. The van der Waals surface area contributed by atoms with Crippen LogP contribution < -0.4 is 5.32 Å². The number of nitrogens with zero attached hydrogens (tertiary/aromatic N) is 2. The lowest BCUT2D eigenvalue weighted by atomic mass is 10.1. The zero-order chi connectivity index (χ0) is 11.2. The van der Waals surface area contributed by atoms with Crippen LogP contribution in [0.3, 0.4) is 0 Å². The van der Waals surface area contributed by atoms with Crippen molar-refractivity contribution >= 4 is 0 Å². The predicted molar refractivity (Wildman–Crippen MR) is 65.2 cm³/mol. The molecular formula is C12H22N4. The summed E-state index contributed by atoms with van der Waals surface area (Å²) in [5.41, 5.74) is 1.16. The maximum atomic E-state index is 3.94. The summed E-state index contributed by atoms with van der Waals surface area (Å²) in [5.74, 6) is 0. The first kappa shape index (κ1) is 11.6. The number of likely N-dealkylation sites (tertiary alicyclic amines) is 1. The third-order valence-electron chi connectivity index (χ3n) is 3.18. The maximum Gasteiger partial charge on any atom is 0.0490 e. The number of rotatable bonds is 5. The van der Waals surface area contributed by atoms with Crippen LogP contribution in [-0.2, 0) is 6.54 Å². The van der Waals surface area contributed by atoms with Gasteiger partial charge in [0.15, 0.2) is 0 Å². The molecule has 0 bridgehead atoms. The second-order valence-corrected chi connectivity index (χ2v) is 4.73. The average molecular weight is 222 g/mol. The molecule has 1 aromatic rings. The molecule has 1 aliphatic heterocycles. The van der Waals surface area contributed by atoms with Gasteiger partial charge in [0.1, 0.15) is 0 Å². The molecule has 0 aliphatic carbocycles. The summed E-state index contributed by atoms with van der Waals surface area (Å²) in [7, 11) is 0. The SMILES string of the molecule is CC(CN1CCCCC1)NCc1ccn[nH]1. The van der Waals surface area contributed by atoms with Gasteiger partial charge in [-0.2, -0.15) is 5.10 Å². The minimum absolute atomic E-state index is 0.543. The van der Waals surface area contributed by atoms with Crippen LogP contribution in [-0.4, -0.2) is 40.8 Å². The molecule has 90 valence electrons. The van der Waals surface area contributed by atoms with Crippen molar-refractivity contribution in [1.82, 2.24) is 20.4 Å². The number of aromatic nitrogens is 2. The first-order valence-corrected chi connectivity index (χ1v) is 6.28. The Morgan fingerprint density at radius 2 is 2.25 bits per heavy atom. The molecule has 16 heavy (non-hydrogen) atoms. The highest BCUT2D eigenvalue weighted by Crippen LogP contribution is 2.08. The molecular weight excluding hydrogens is 200 g/mol. The molecule has 0 amide bonds. The molecule has 0 aromatic carbocycles. The molecule has 0 saturated carbocycles. The monoisotopic (exact) mass is 222 g/mol. The largest absolute Gasteiger partial charge is 0.307 e. The Bertz CT molecular complexity index is 277. The van der Waals surface area contributed by atoms with Gasteiger partial charge < -0.3 is 10.2 Å². The van der Waals surface area contributed by atoms with Gasteiger partial charge in [0.2, 0.25) is 0 Å². The van der Waals surface area contributed by atoms with Gasteiger partial charge in [-0.1, -0.05) is 6.42 Å². The van der Waals surface area contributed by atoms with Gasteiger partial charge in [-0.25, -0.2) is 0 Å². The van der Waals surface area contributed by atoms with Gasteiger partial charge in [0.25, 0.3) is 0 Å². The number of piperidine rings is 1. The number of aromatic amines is 1. The Hall–Kier alpha value is -0.870. The van der Waals surface area contributed by atoms with Crippen LogP contribution in [0, 0.1) is 0 Å². The van der Waals surface area contributed by atoms with Crippen molar-refractivity contribution in [2.24, 2.45) is 0 Å². The molecule has 0 spiro atoms. The molecule has 1 atom stereocenters. The lowest BCUT2D eigenvalue weighted by Crippen LogP contribution is -2.41. The third kappa shape index (κ3) is 3.61. The number of hydrogen-bond donors (Lipinski definition) is 2. The van der Waals surface area contributed by atoms with Gasteiger partial charge in [0.05, 0.1) is 0 Å². The smallest absolute Gasteiger partial charge is 0.0490 e. The first-order valence-electron chi connectivity index (χ1n) is 6.28. The molecule has 4 nitrogen and oxygen atoms in total. The molecule has 2 rings (SSSR count). The number of H-pyrrole nitrogens is 1. The van der Waals surface area contributed by atoms with Gasteiger partial charge in [-0.3, -0.25) is 5.10 Å². The summed E-state index contributed by atoms with van der Waals surface area (Å²) in [4.78, 5) is 2.56. The van der Waals surface area contributed by atoms with E-state index in [9.17, 15) is 0 Å². The summed E-state index contributed by atoms with van der Waals surface area (Å²) < 4.78 is 0. The van der Waals surface area contributed by atoms with Crippen molar-refractivity contribution < 1.29 is 0 Å². The van der Waals surface area contributed by atoms with E-state index in [2.05, 4.69) is 27.3 Å². The number of hydrogen-bond acceptors (Lipinski definition) is 3. The molecule has 1 saturated heterocycles. The van der Waals surface area contributed by atoms with E-state index in [0.29, 0.717) is 6.04 Å². The van der Waals surface area contributed by atoms with E-state index in [-0.39, 0.29) is 0 Å². The molecule has 4 heteroatoms. The fourth-order valence-electron chi connectivity index (χ4n) is 2.26. The van der Waals surface area contributed by atoms with E-state index in [1.165, 1.54) is 32.4 Å².